The minimum atomic E-state index is -0.648. The van der Waals surface area contributed by atoms with Gasteiger partial charge in [0.15, 0.2) is 0 Å². The Morgan fingerprint density at radius 1 is 1.12 bits per heavy atom. The molecule has 1 heterocycles. The van der Waals surface area contributed by atoms with Crippen molar-refractivity contribution in [2.75, 3.05) is 23.3 Å². The molecule has 2 unspecified atom stereocenters. The predicted octanol–water partition coefficient (Wildman–Crippen LogP) is 3.36. The van der Waals surface area contributed by atoms with Crippen LogP contribution in [0, 0.1) is 5.92 Å². The first kappa shape index (κ1) is 17.1. The maximum Gasteiger partial charge on any atom is 0.306 e. The highest BCUT2D eigenvalue weighted by molar-refractivity contribution is 5.71. The molecular formula is C19H28N2O3. The molecule has 24 heavy (non-hydrogen) atoms. The molecule has 1 aliphatic heterocycles. The topological polar surface area (TPSA) is 61.8 Å². The summed E-state index contributed by atoms with van der Waals surface area (Å²) in [5.41, 5.74) is 2.37. The third kappa shape index (κ3) is 4.01. The molecule has 0 amide bonds. The minimum Gasteiger partial charge on any atom is -0.481 e. The Labute approximate surface area is 144 Å². The summed E-state index contributed by atoms with van der Waals surface area (Å²) in [5, 5.41) is 12.8. The van der Waals surface area contributed by atoms with E-state index in [1.165, 1.54) is 5.69 Å². The second-order valence-corrected chi connectivity index (χ2v) is 7.21. The normalized spacial score (nSPS) is 30.8. The van der Waals surface area contributed by atoms with Gasteiger partial charge in [0.05, 0.1) is 29.5 Å². The first-order valence-corrected chi connectivity index (χ1v) is 9.01. The zero-order chi connectivity index (χ0) is 17.1. The van der Waals surface area contributed by atoms with E-state index in [1.54, 1.807) is 0 Å². The average molecular weight is 332 g/mol. The van der Waals surface area contributed by atoms with Crippen molar-refractivity contribution >= 4 is 17.3 Å². The number of ether oxygens (including phenoxy) is 1. The fourth-order valence-electron chi connectivity index (χ4n) is 3.95. The monoisotopic (exact) mass is 332 g/mol. The highest BCUT2D eigenvalue weighted by Gasteiger charge is 2.27. The summed E-state index contributed by atoms with van der Waals surface area (Å²) in [6, 6.07) is 8.78. The summed E-state index contributed by atoms with van der Waals surface area (Å²) < 4.78 is 5.84. The fraction of sp³-hybridized carbons (Fsp3) is 0.632. The maximum absolute atomic E-state index is 11.1. The van der Waals surface area contributed by atoms with Crippen LogP contribution in [0.5, 0.6) is 0 Å². The number of hydrogen-bond donors (Lipinski definition) is 2. The SMILES string of the molecule is CC1CN(c2ccccc2NC2CCC(C(=O)O)CC2)CC(C)O1. The van der Waals surface area contributed by atoms with Crippen molar-refractivity contribution in [3.05, 3.63) is 24.3 Å². The summed E-state index contributed by atoms with van der Waals surface area (Å²) in [7, 11) is 0. The zero-order valence-corrected chi connectivity index (χ0v) is 14.6. The van der Waals surface area contributed by atoms with Gasteiger partial charge in [-0.15, -0.1) is 0 Å². The molecular weight excluding hydrogens is 304 g/mol. The highest BCUT2D eigenvalue weighted by Crippen LogP contribution is 2.32. The average Bonchev–Trinajstić information content (AvgIpc) is 2.55. The Morgan fingerprint density at radius 2 is 1.75 bits per heavy atom. The quantitative estimate of drug-likeness (QED) is 0.885. The van der Waals surface area contributed by atoms with E-state index in [0.717, 1.165) is 44.5 Å². The van der Waals surface area contributed by atoms with Gasteiger partial charge in [-0.1, -0.05) is 12.1 Å². The molecule has 0 bridgehead atoms. The van der Waals surface area contributed by atoms with Crippen LogP contribution in [-0.2, 0) is 9.53 Å². The molecule has 0 spiro atoms. The number of benzene rings is 1. The molecule has 0 aromatic heterocycles. The van der Waals surface area contributed by atoms with Crippen LogP contribution in [0.1, 0.15) is 39.5 Å². The van der Waals surface area contributed by atoms with Crippen molar-refractivity contribution in [1.82, 2.24) is 0 Å². The van der Waals surface area contributed by atoms with Gasteiger partial charge in [-0.05, 0) is 51.7 Å². The molecule has 1 saturated heterocycles. The lowest BCUT2D eigenvalue weighted by molar-refractivity contribution is -0.142. The smallest absolute Gasteiger partial charge is 0.306 e. The van der Waals surface area contributed by atoms with E-state index in [-0.39, 0.29) is 18.1 Å². The number of para-hydroxylation sites is 2. The lowest BCUT2D eigenvalue weighted by Gasteiger charge is -2.38. The number of carboxylic acid groups (broad SMARTS) is 1. The van der Waals surface area contributed by atoms with Crippen molar-refractivity contribution in [2.24, 2.45) is 5.92 Å². The van der Waals surface area contributed by atoms with Crippen LogP contribution >= 0.6 is 0 Å². The van der Waals surface area contributed by atoms with Crippen molar-refractivity contribution in [3.63, 3.8) is 0 Å². The van der Waals surface area contributed by atoms with Gasteiger partial charge in [-0.25, -0.2) is 0 Å². The summed E-state index contributed by atoms with van der Waals surface area (Å²) in [6.45, 7) is 6.03. The lowest BCUT2D eigenvalue weighted by Crippen LogP contribution is -2.45. The van der Waals surface area contributed by atoms with Gasteiger partial charge in [0, 0.05) is 19.1 Å². The number of carbonyl (C=O) groups is 1. The largest absolute Gasteiger partial charge is 0.481 e. The minimum absolute atomic E-state index is 0.167. The number of aliphatic carboxylic acids is 1. The van der Waals surface area contributed by atoms with E-state index in [1.807, 2.05) is 0 Å². The molecule has 5 heteroatoms. The summed E-state index contributed by atoms with van der Waals surface area (Å²) in [6.07, 6.45) is 3.82. The second-order valence-electron chi connectivity index (χ2n) is 7.21. The molecule has 132 valence electrons. The Bertz CT molecular complexity index is 559. The number of hydrogen-bond acceptors (Lipinski definition) is 4. The summed E-state index contributed by atoms with van der Waals surface area (Å²) in [4.78, 5) is 13.5. The molecule has 2 fully saturated rings. The van der Waals surface area contributed by atoms with Gasteiger partial charge < -0.3 is 20.1 Å². The zero-order valence-electron chi connectivity index (χ0n) is 14.6. The molecule has 0 radical (unpaired) electrons. The van der Waals surface area contributed by atoms with Crippen molar-refractivity contribution < 1.29 is 14.6 Å². The summed E-state index contributed by atoms with van der Waals surface area (Å²) in [5.74, 6) is -0.815. The van der Waals surface area contributed by atoms with Gasteiger partial charge >= 0.3 is 5.97 Å². The van der Waals surface area contributed by atoms with Crippen LogP contribution in [-0.4, -0.2) is 42.4 Å². The lowest BCUT2D eigenvalue weighted by atomic mass is 9.86. The standard InChI is InChI=1S/C19H28N2O3/c1-13-11-21(12-14(2)24-13)18-6-4-3-5-17(18)20-16-9-7-15(8-10-16)19(22)23/h3-6,13-16,20H,7-12H2,1-2H3,(H,22,23). The number of carboxylic acids is 1. The van der Waals surface area contributed by atoms with Crippen LogP contribution in [0.25, 0.3) is 0 Å². The third-order valence-corrected chi connectivity index (χ3v) is 5.10. The second kappa shape index (κ2) is 7.43. The van der Waals surface area contributed by atoms with E-state index >= 15 is 0 Å². The highest BCUT2D eigenvalue weighted by atomic mass is 16.5. The Kier molecular flexibility index (Phi) is 5.29. The molecule has 2 N–H and O–H groups in total. The van der Waals surface area contributed by atoms with Crippen LogP contribution in [0.15, 0.2) is 24.3 Å². The molecule has 1 aromatic rings. The van der Waals surface area contributed by atoms with Gasteiger partial charge in [0.25, 0.3) is 0 Å². The predicted molar refractivity (Wildman–Crippen MR) is 95.7 cm³/mol. The van der Waals surface area contributed by atoms with Gasteiger partial charge in [-0.3, -0.25) is 4.79 Å². The number of rotatable bonds is 4. The molecule has 1 saturated carbocycles. The number of nitrogens with one attached hydrogen (secondary N) is 1. The van der Waals surface area contributed by atoms with Gasteiger partial charge in [0.1, 0.15) is 0 Å². The van der Waals surface area contributed by atoms with Crippen LogP contribution in [0.4, 0.5) is 11.4 Å². The Hall–Kier alpha value is -1.75. The fourth-order valence-corrected chi connectivity index (χ4v) is 3.95. The first-order chi connectivity index (χ1) is 11.5. The molecule has 1 aromatic carbocycles. The van der Waals surface area contributed by atoms with E-state index in [2.05, 4.69) is 48.3 Å². The molecule has 2 aliphatic rings. The third-order valence-electron chi connectivity index (χ3n) is 5.10. The van der Waals surface area contributed by atoms with E-state index in [0.29, 0.717) is 6.04 Å². The van der Waals surface area contributed by atoms with E-state index in [9.17, 15) is 4.79 Å². The van der Waals surface area contributed by atoms with Gasteiger partial charge in [0.2, 0.25) is 0 Å². The molecule has 2 atom stereocenters. The molecule has 5 nitrogen and oxygen atoms in total. The van der Waals surface area contributed by atoms with Crippen molar-refractivity contribution in [2.45, 2.75) is 57.8 Å². The van der Waals surface area contributed by atoms with E-state index in [4.69, 9.17) is 9.84 Å². The van der Waals surface area contributed by atoms with Crippen molar-refractivity contribution in [3.8, 4) is 0 Å². The summed E-state index contributed by atoms with van der Waals surface area (Å²) >= 11 is 0. The van der Waals surface area contributed by atoms with Crippen LogP contribution < -0.4 is 10.2 Å². The Morgan fingerprint density at radius 3 is 2.38 bits per heavy atom. The number of morpholine rings is 1. The Balaban J connectivity index is 1.67. The van der Waals surface area contributed by atoms with Crippen molar-refractivity contribution in [1.29, 1.82) is 0 Å². The maximum atomic E-state index is 11.1. The molecule has 3 rings (SSSR count). The number of nitrogens with zero attached hydrogens (tertiary/aromatic N) is 1. The van der Waals surface area contributed by atoms with Crippen LogP contribution in [0.2, 0.25) is 0 Å². The first-order valence-electron chi connectivity index (χ1n) is 9.01. The van der Waals surface area contributed by atoms with Crippen LogP contribution in [0.3, 0.4) is 0 Å². The van der Waals surface area contributed by atoms with E-state index < -0.39 is 5.97 Å². The van der Waals surface area contributed by atoms with Gasteiger partial charge in [-0.2, -0.15) is 0 Å². The number of anilines is 2. The molecule has 1 aliphatic carbocycles.